The lowest BCUT2D eigenvalue weighted by molar-refractivity contribution is -0.138. The molecule has 3 N–H and O–H groups in total. The molecular formula is C12H20N4O3. The minimum absolute atomic E-state index is 0.124. The smallest absolute Gasteiger partial charge is 0.315 e. The van der Waals surface area contributed by atoms with E-state index in [1.807, 2.05) is 19.3 Å². The highest BCUT2D eigenvalue weighted by atomic mass is 16.4. The van der Waals surface area contributed by atoms with E-state index in [2.05, 4.69) is 15.7 Å². The second kappa shape index (κ2) is 6.21. The third-order valence-electron chi connectivity index (χ3n) is 2.48. The van der Waals surface area contributed by atoms with Gasteiger partial charge < -0.3 is 15.7 Å². The Balaban J connectivity index is 2.29. The Morgan fingerprint density at radius 3 is 2.68 bits per heavy atom. The molecular weight excluding hydrogens is 248 g/mol. The number of amides is 2. The summed E-state index contributed by atoms with van der Waals surface area (Å²) in [7, 11) is 1.83. The number of nitrogens with one attached hydrogen (secondary N) is 2. The van der Waals surface area contributed by atoms with Crippen molar-refractivity contribution in [2.24, 2.45) is 7.05 Å². The lowest BCUT2D eigenvalue weighted by Gasteiger charge is -2.24. The molecule has 0 unspecified atom stereocenters. The van der Waals surface area contributed by atoms with E-state index in [9.17, 15) is 9.59 Å². The zero-order valence-corrected chi connectivity index (χ0v) is 11.4. The summed E-state index contributed by atoms with van der Waals surface area (Å²) >= 11 is 0. The van der Waals surface area contributed by atoms with Crippen molar-refractivity contribution in [3.63, 3.8) is 0 Å². The number of aryl methyl sites for hydroxylation is 1. The molecule has 0 saturated heterocycles. The van der Waals surface area contributed by atoms with Crippen molar-refractivity contribution in [2.75, 3.05) is 6.54 Å². The van der Waals surface area contributed by atoms with Gasteiger partial charge in [0.15, 0.2) is 0 Å². The fourth-order valence-corrected chi connectivity index (χ4v) is 1.67. The van der Waals surface area contributed by atoms with E-state index in [0.29, 0.717) is 13.0 Å². The van der Waals surface area contributed by atoms with E-state index in [4.69, 9.17) is 5.11 Å². The van der Waals surface area contributed by atoms with Crippen molar-refractivity contribution in [1.29, 1.82) is 0 Å². The third-order valence-corrected chi connectivity index (χ3v) is 2.48. The molecule has 0 fully saturated rings. The molecule has 19 heavy (non-hydrogen) atoms. The summed E-state index contributed by atoms with van der Waals surface area (Å²) in [5.74, 6) is -0.946. The Morgan fingerprint density at radius 1 is 1.47 bits per heavy atom. The van der Waals surface area contributed by atoms with E-state index in [1.165, 1.54) is 0 Å². The molecule has 0 bridgehead atoms. The minimum Gasteiger partial charge on any atom is -0.481 e. The molecule has 0 aliphatic carbocycles. The molecule has 0 atom stereocenters. The average molecular weight is 268 g/mol. The molecule has 7 nitrogen and oxygen atoms in total. The van der Waals surface area contributed by atoms with Crippen molar-refractivity contribution in [1.82, 2.24) is 20.4 Å². The van der Waals surface area contributed by atoms with Crippen LogP contribution >= 0.6 is 0 Å². The van der Waals surface area contributed by atoms with Crippen LogP contribution in [0.3, 0.4) is 0 Å². The number of hydrogen-bond donors (Lipinski definition) is 3. The number of hydrogen-bond acceptors (Lipinski definition) is 3. The van der Waals surface area contributed by atoms with Crippen molar-refractivity contribution in [3.05, 3.63) is 18.0 Å². The first-order chi connectivity index (χ1) is 8.78. The Morgan fingerprint density at radius 2 is 2.16 bits per heavy atom. The van der Waals surface area contributed by atoms with Gasteiger partial charge in [0.25, 0.3) is 0 Å². The number of rotatable bonds is 6. The van der Waals surface area contributed by atoms with Gasteiger partial charge in [-0.05, 0) is 19.9 Å². The maximum Gasteiger partial charge on any atom is 0.315 e. The first-order valence-corrected chi connectivity index (χ1v) is 6.05. The van der Waals surface area contributed by atoms with Crippen LogP contribution in [0.4, 0.5) is 4.79 Å². The summed E-state index contributed by atoms with van der Waals surface area (Å²) < 4.78 is 1.70. The van der Waals surface area contributed by atoms with Crippen LogP contribution in [0, 0.1) is 0 Å². The van der Waals surface area contributed by atoms with Crippen LogP contribution < -0.4 is 10.6 Å². The molecule has 0 aliphatic rings. The Labute approximate surface area is 112 Å². The van der Waals surface area contributed by atoms with Crippen LogP contribution in [0.1, 0.15) is 26.0 Å². The molecule has 1 aromatic rings. The normalized spacial score (nSPS) is 11.1. The highest BCUT2D eigenvalue weighted by Gasteiger charge is 2.23. The number of aromatic nitrogens is 2. The predicted molar refractivity (Wildman–Crippen MR) is 69.8 cm³/mol. The first-order valence-electron chi connectivity index (χ1n) is 6.05. The summed E-state index contributed by atoms with van der Waals surface area (Å²) in [6.45, 7) is 3.78. The molecule has 0 saturated carbocycles. The standard InChI is InChI=1S/C12H20N4O3/c1-12(2,8-10(17)18)14-11(19)13-6-4-9-5-7-16(3)15-9/h5,7H,4,6,8H2,1-3H3,(H,17,18)(H2,13,14,19). The zero-order chi connectivity index (χ0) is 14.5. The van der Waals surface area contributed by atoms with E-state index in [-0.39, 0.29) is 12.5 Å². The highest BCUT2D eigenvalue weighted by molar-refractivity contribution is 5.76. The summed E-state index contributed by atoms with van der Waals surface area (Å²) in [5, 5.41) is 18.2. The molecule has 0 aliphatic heterocycles. The molecule has 106 valence electrons. The zero-order valence-electron chi connectivity index (χ0n) is 11.4. The van der Waals surface area contributed by atoms with E-state index in [0.717, 1.165) is 5.69 Å². The molecule has 2 amide bonds. The van der Waals surface area contributed by atoms with Crippen molar-refractivity contribution < 1.29 is 14.7 Å². The fraction of sp³-hybridized carbons (Fsp3) is 0.583. The van der Waals surface area contributed by atoms with Gasteiger partial charge in [-0.2, -0.15) is 5.10 Å². The van der Waals surface area contributed by atoms with Gasteiger partial charge in [-0.25, -0.2) is 4.79 Å². The number of nitrogens with zero attached hydrogens (tertiary/aromatic N) is 2. The number of urea groups is 1. The van der Waals surface area contributed by atoms with Gasteiger partial charge in [0.1, 0.15) is 0 Å². The number of aliphatic carboxylic acids is 1. The summed E-state index contributed by atoms with van der Waals surface area (Å²) in [6, 6.07) is 1.51. The van der Waals surface area contributed by atoms with Gasteiger partial charge in [-0.3, -0.25) is 9.48 Å². The molecule has 0 aromatic carbocycles. The maximum absolute atomic E-state index is 11.6. The van der Waals surface area contributed by atoms with Gasteiger partial charge in [-0.1, -0.05) is 0 Å². The predicted octanol–water partition coefficient (Wildman–Crippen LogP) is 0.515. The van der Waals surface area contributed by atoms with E-state index < -0.39 is 11.5 Å². The first kappa shape index (κ1) is 15.0. The molecule has 1 rings (SSSR count). The molecule has 7 heteroatoms. The number of carbonyl (C=O) groups excluding carboxylic acids is 1. The highest BCUT2D eigenvalue weighted by Crippen LogP contribution is 2.07. The quantitative estimate of drug-likeness (QED) is 0.700. The minimum atomic E-state index is -0.946. The van der Waals surface area contributed by atoms with Gasteiger partial charge >= 0.3 is 12.0 Å². The topological polar surface area (TPSA) is 96.2 Å². The SMILES string of the molecule is Cn1ccc(CCNC(=O)NC(C)(C)CC(=O)O)n1. The lowest BCUT2D eigenvalue weighted by Crippen LogP contribution is -2.49. The number of carbonyl (C=O) groups is 2. The molecule has 0 spiro atoms. The van der Waals surface area contributed by atoms with Gasteiger partial charge in [0.2, 0.25) is 0 Å². The Hall–Kier alpha value is -2.05. The van der Waals surface area contributed by atoms with E-state index in [1.54, 1.807) is 18.5 Å². The third kappa shape index (κ3) is 5.89. The summed E-state index contributed by atoms with van der Waals surface area (Å²) in [4.78, 5) is 22.2. The van der Waals surface area contributed by atoms with Crippen molar-refractivity contribution in [2.45, 2.75) is 32.2 Å². The maximum atomic E-state index is 11.6. The van der Waals surface area contributed by atoms with Crippen molar-refractivity contribution in [3.8, 4) is 0 Å². The fourth-order valence-electron chi connectivity index (χ4n) is 1.67. The van der Waals surface area contributed by atoms with Gasteiger partial charge in [-0.15, -0.1) is 0 Å². The largest absolute Gasteiger partial charge is 0.481 e. The summed E-state index contributed by atoms with van der Waals surface area (Å²) in [6.07, 6.45) is 2.35. The average Bonchev–Trinajstić information content (AvgIpc) is 2.61. The van der Waals surface area contributed by atoms with Crippen LogP contribution in [0.2, 0.25) is 0 Å². The Bertz CT molecular complexity index is 454. The second-order valence-electron chi connectivity index (χ2n) is 5.07. The number of carboxylic acid groups (broad SMARTS) is 1. The van der Waals surface area contributed by atoms with Gasteiger partial charge in [0, 0.05) is 31.7 Å². The lowest BCUT2D eigenvalue weighted by atomic mass is 10.0. The van der Waals surface area contributed by atoms with Crippen LogP contribution in [0.5, 0.6) is 0 Å². The second-order valence-corrected chi connectivity index (χ2v) is 5.07. The van der Waals surface area contributed by atoms with E-state index >= 15 is 0 Å². The number of carboxylic acids is 1. The van der Waals surface area contributed by atoms with Crippen molar-refractivity contribution >= 4 is 12.0 Å². The van der Waals surface area contributed by atoms with Crippen LogP contribution in [0.25, 0.3) is 0 Å². The van der Waals surface area contributed by atoms with Crippen LogP contribution in [-0.2, 0) is 18.3 Å². The summed E-state index contributed by atoms with van der Waals surface area (Å²) in [5.41, 5.74) is 0.119. The van der Waals surface area contributed by atoms with Crippen LogP contribution in [0.15, 0.2) is 12.3 Å². The van der Waals surface area contributed by atoms with Gasteiger partial charge in [0.05, 0.1) is 12.1 Å². The Kier molecular flexibility index (Phi) is 4.91. The molecule has 0 radical (unpaired) electrons. The van der Waals surface area contributed by atoms with Crippen LogP contribution in [-0.4, -0.2) is 39.0 Å². The molecule has 1 aromatic heterocycles. The monoisotopic (exact) mass is 268 g/mol. The molecule has 1 heterocycles.